The van der Waals surface area contributed by atoms with Crippen LogP contribution < -0.4 is 0 Å². The number of carbonyl (C=O) groups excluding carboxylic acids is 3. The van der Waals surface area contributed by atoms with Crippen LogP contribution in [0.3, 0.4) is 0 Å². The zero-order valence-electron chi connectivity index (χ0n) is 25.8. The molecule has 1 N–H and O–H groups in total. The second-order valence-electron chi connectivity index (χ2n) is 14.1. The number of hydrogen-bond acceptors (Lipinski definition) is 6. The van der Waals surface area contributed by atoms with Crippen molar-refractivity contribution in [3.63, 3.8) is 0 Å². The van der Waals surface area contributed by atoms with E-state index in [1.807, 2.05) is 38.7 Å². The number of likely N-dealkylation sites (tertiary alicyclic amines) is 1. The number of allylic oxidation sites excluding steroid dienone is 1. The first-order chi connectivity index (χ1) is 18.6. The normalized spacial score (nSPS) is 31.3. The minimum absolute atomic E-state index is 0.0447. The first kappa shape index (κ1) is 32.3. The van der Waals surface area contributed by atoms with Crippen LogP contribution in [0.4, 0.5) is 0 Å². The van der Waals surface area contributed by atoms with Crippen molar-refractivity contribution < 1.29 is 29.0 Å². The van der Waals surface area contributed by atoms with Crippen LogP contribution in [0.1, 0.15) is 87.0 Å². The lowest BCUT2D eigenvalue weighted by Gasteiger charge is -2.45. The molecule has 3 aliphatic rings. The zero-order valence-corrected chi connectivity index (χ0v) is 25.8. The van der Waals surface area contributed by atoms with Crippen LogP contribution in [-0.2, 0) is 23.9 Å². The Labute approximate surface area is 241 Å². The molecule has 0 saturated carbocycles. The van der Waals surface area contributed by atoms with Gasteiger partial charge in [0.15, 0.2) is 0 Å². The molecule has 8 nitrogen and oxygen atoms in total. The Hall–Kier alpha value is -2.19. The Balaban J connectivity index is 2.03. The van der Waals surface area contributed by atoms with Crippen molar-refractivity contribution in [1.29, 1.82) is 0 Å². The van der Waals surface area contributed by atoms with Crippen LogP contribution in [0, 0.1) is 23.2 Å². The predicted octanol–water partition coefficient (Wildman–Crippen LogP) is 4.51. The van der Waals surface area contributed by atoms with E-state index in [-0.39, 0.29) is 42.9 Å². The average Bonchev–Trinajstić information content (AvgIpc) is 3.35. The number of unbranched alkanes of at least 4 members (excludes halogenated alkanes) is 2. The minimum Gasteiger partial charge on any atom is -0.465 e. The highest BCUT2D eigenvalue weighted by molar-refractivity contribution is 5.98. The first-order valence-corrected chi connectivity index (χ1v) is 14.9. The Morgan fingerprint density at radius 2 is 1.85 bits per heavy atom. The Kier molecular flexibility index (Phi) is 9.67. The molecule has 0 radical (unpaired) electrons. The van der Waals surface area contributed by atoms with Gasteiger partial charge in [-0.25, -0.2) is 0 Å². The zero-order chi connectivity index (χ0) is 30.1. The van der Waals surface area contributed by atoms with Gasteiger partial charge in [0.05, 0.1) is 18.1 Å². The number of ether oxygens (including phenoxy) is 2. The molecule has 0 aliphatic carbocycles. The van der Waals surface area contributed by atoms with Crippen molar-refractivity contribution in [2.75, 3.05) is 26.3 Å². The summed E-state index contributed by atoms with van der Waals surface area (Å²) in [6, 6.07) is -0.898. The maximum absolute atomic E-state index is 14.7. The summed E-state index contributed by atoms with van der Waals surface area (Å²) in [5.74, 6) is -2.55. The Morgan fingerprint density at radius 3 is 2.42 bits per heavy atom. The molecule has 0 aromatic rings. The second-order valence-corrected chi connectivity index (χ2v) is 14.1. The number of amides is 2. The van der Waals surface area contributed by atoms with Gasteiger partial charge in [0, 0.05) is 25.2 Å². The molecule has 8 heteroatoms. The van der Waals surface area contributed by atoms with Crippen molar-refractivity contribution in [2.24, 2.45) is 23.2 Å². The molecule has 3 unspecified atom stereocenters. The molecule has 1 spiro atoms. The van der Waals surface area contributed by atoms with Gasteiger partial charge in [-0.15, -0.1) is 13.2 Å². The fraction of sp³-hybridized carbons (Fsp3) is 0.781. The van der Waals surface area contributed by atoms with Gasteiger partial charge in [-0.05, 0) is 70.6 Å². The molecule has 3 heterocycles. The number of esters is 1. The fourth-order valence-corrected chi connectivity index (χ4v) is 7.82. The fourth-order valence-electron chi connectivity index (χ4n) is 7.82. The lowest BCUT2D eigenvalue weighted by Crippen LogP contribution is -2.61. The van der Waals surface area contributed by atoms with E-state index in [4.69, 9.17) is 9.47 Å². The Morgan fingerprint density at radius 1 is 1.18 bits per heavy atom. The van der Waals surface area contributed by atoms with E-state index >= 15 is 0 Å². The third kappa shape index (κ3) is 5.76. The first-order valence-electron chi connectivity index (χ1n) is 14.9. The quantitative estimate of drug-likeness (QED) is 0.191. The van der Waals surface area contributed by atoms with Crippen LogP contribution in [0.2, 0.25) is 0 Å². The van der Waals surface area contributed by atoms with Gasteiger partial charge in [-0.2, -0.15) is 0 Å². The summed E-state index contributed by atoms with van der Waals surface area (Å²) in [5.41, 5.74) is -2.62. The summed E-state index contributed by atoms with van der Waals surface area (Å²) in [6.45, 7) is 22.8. The summed E-state index contributed by atoms with van der Waals surface area (Å²) >= 11 is 0. The molecule has 40 heavy (non-hydrogen) atoms. The summed E-state index contributed by atoms with van der Waals surface area (Å²) in [5, 5.41) is 9.64. The highest BCUT2D eigenvalue weighted by Crippen LogP contribution is 2.65. The predicted molar refractivity (Wildman–Crippen MR) is 155 cm³/mol. The van der Waals surface area contributed by atoms with Gasteiger partial charge < -0.3 is 24.4 Å². The molecule has 3 rings (SSSR count). The smallest absolute Gasteiger partial charge is 0.312 e. The highest BCUT2D eigenvalue weighted by atomic mass is 16.6. The van der Waals surface area contributed by atoms with Crippen LogP contribution in [0.15, 0.2) is 25.3 Å². The summed E-state index contributed by atoms with van der Waals surface area (Å²) in [4.78, 5) is 45.9. The third-order valence-corrected chi connectivity index (χ3v) is 9.18. The number of rotatable bonds is 14. The van der Waals surface area contributed by atoms with Gasteiger partial charge in [-0.1, -0.05) is 39.8 Å². The number of aliphatic hydroxyl groups is 1. The third-order valence-electron chi connectivity index (χ3n) is 9.18. The second kappa shape index (κ2) is 12.0. The van der Waals surface area contributed by atoms with Crippen molar-refractivity contribution >= 4 is 17.8 Å². The van der Waals surface area contributed by atoms with Crippen LogP contribution in [0.25, 0.3) is 0 Å². The molecular weight excluding hydrogens is 508 g/mol. The molecule has 3 saturated heterocycles. The molecule has 3 fully saturated rings. The van der Waals surface area contributed by atoms with Crippen molar-refractivity contribution in [3.8, 4) is 0 Å². The van der Waals surface area contributed by atoms with E-state index in [0.717, 1.165) is 19.3 Å². The maximum atomic E-state index is 14.7. The minimum atomic E-state index is -1.14. The molecule has 0 aromatic carbocycles. The standard InChI is InChI=1S/C32H52N2O6/c1-10-12-13-14-19-39-28(38)24-23-26(36)33(17-15-18-35)25(32(23)20-22(3)31(24,9)40-32)27(37)34(16-11-2)30(7,8)21-29(4,5)6/h10-11,22-25,35H,1-2,12-21H2,3-9H3/t22?,23-,24-,25?,31+,32?/m0/s1. The van der Waals surface area contributed by atoms with E-state index < -0.39 is 40.6 Å². The topological polar surface area (TPSA) is 96.4 Å². The van der Waals surface area contributed by atoms with E-state index in [1.165, 1.54) is 0 Å². The van der Waals surface area contributed by atoms with E-state index in [9.17, 15) is 19.5 Å². The average molecular weight is 561 g/mol. The molecule has 0 aromatic heterocycles. The van der Waals surface area contributed by atoms with E-state index in [2.05, 4.69) is 33.9 Å². The summed E-state index contributed by atoms with van der Waals surface area (Å²) < 4.78 is 12.5. The van der Waals surface area contributed by atoms with Gasteiger partial charge >= 0.3 is 5.97 Å². The highest BCUT2D eigenvalue weighted by Gasteiger charge is 2.80. The van der Waals surface area contributed by atoms with E-state index in [0.29, 0.717) is 25.8 Å². The maximum Gasteiger partial charge on any atom is 0.312 e. The van der Waals surface area contributed by atoms with Gasteiger partial charge in [-0.3, -0.25) is 14.4 Å². The number of fused-ring (bicyclic) bond motifs is 1. The van der Waals surface area contributed by atoms with Gasteiger partial charge in [0.2, 0.25) is 11.8 Å². The molecular formula is C32H52N2O6. The van der Waals surface area contributed by atoms with Crippen LogP contribution in [0.5, 0.6) is 0 Å². The number of aliphatic hydroxyl groups excluding tert-OH is 1. The molecule has 226 valence electrons. The monoisotopic (exact) mass is 560 g/mol. The Bertz CT molecular complexity index is 986. The van der Waals surface area contributed by atoms with Crippen LogP contribution in [-0.4, -0.2) is 81.8 Å². The van der Waals surface area contributed by atoms with E-state index in [1.54, 1.807) is 11.0 Å². The molecule has 2 bridgehead atoms. The largest absolute Gasteiger partial charge is 0.465 e. The number of hydrogen-bond donors (Lipinski definition) is 1. The van der Waals surface area contributed by atoms with Crippen molar-refractivity contribution in [2.45, 2.75) is 110 Å². The SMILES string of the molecule is C=CCCCCOC(=O)[C@@H]1[C@H]2C(=O)N(CCCO)C(C(=O)N(CC=C)C(C)(C)CC(C)(C)C)C23CC(C)[C@@]1(C)O3. The molecule has 3 aliphatic heterocycles. The molecule has 6 atom stereocenters. The lowest BCUT2D eigenvalue weighted by molar-refractivity contribution is -0.163. The van der Waals surface area contributed by atoms with Gasteiger partial charge in [0.1, 0.15) is 17.6 Å². The van der Waals surface area contributed by atoms with Gasteiger partial charge in [0.25, 0.3) is 0 Å². The van der Waals surface area contributed by atoms with Crippen molar-refractivity contribution in [3.05, 3.63) is 25.3 Å². The van der Waals surface area contributed by atoms with Crippen molar-refractivity contribution in [1.82, 2.24) is 9.80 Å². The summed E-state index contributed by atoms with van der Waals surface area (Å²) in [6.07, 6.45) is 7.55. The van der Waals surface area contributed by atoms with Crippen LogP contribution >= 0.6 is 0 Å². The summed E-state index contributed by atoms with van der Waals surface area (Å²) in [7, 11) is 0. The lowest BCUT2D eigenvalue weighted by atomic mass is 9.62. The number of carbonyl (C=O) groups is 3. The number of nitrogens with zero attached hydrogens (tertiary/aromatic N) is 2. The molecule has 2 amide bonds.